The van der Waals surface area contributed by atoms with Crippen LogP contribution in [0.1, 0.15) is 31.0 Å². The number of H-pyrrole nitrogens is 1. The zero-order valence-electron chi connectivity index (χ0n) is 14.3. The molecule has 1 aliphatic heterocycles. The number of piperazine rings is 1. The molecule has 2 N–H and O–H groups in total. The van der Waals surface area contributed by atoms with Crippen molar-refractivity contribution in [2.75, 3.05) is 44.2 Å². The highest BCUT2D eigenvalue weighted by atomic mass is 16.2. The first-order valence-electron chi connectivity index (χ1n) is 8.32. The van der Waals surface area contributed by atoms with E-state index in [0.29, 0.717) is 18.1 Å². The van der Waals surface area contributed by atoms with Crippen molar-refractivity contribution in [3.8, 4) is 0 Å². The number of aryl methyl sites for hydroxylation is 1. The first-order valence-corrected chi connectivity index (χ1v) is 8.32. The number of aromatic amines is 1. The summed E-state index contributed by atoms with van der Waals surface area (Å²) in [6.07, 6.45) is 2.10. The summed E-state index contributed by atoms with van der Waals surface area (Å²) >= 11 is 0. The summed E-state index contributed by atoms with van der Waals surface area (Å²) in [5, 5.41) is 2.94. The van der Waals surface area contributed by atoms with E-state index in [2.05, 4.69) is 32.0 Å². The Morgan fingerprint density at radius 1 is 1.26 bits per heavy atom. The van der Waals surface area contributed by atoms with E-state index < -0.39 is 0 Å². The molecule has 1 aliphatic rings. The topological polar surface area (TPSA) is 81.3 Å². The van der Waals surface area contributed by atoms with E-state index in [4.69, 9.17) is 0 Å². The van der Waals surface area contributed by atoms with E-state index in [9.17, 15) is 9.59 Å². The third-order valence-corrected chi connectivity index (χ3v) is 4.27. The number of rotatable bonds is 6. The van der Waals surface area contributed by atoms with E-state index in [1.54, 1.807) is 6.92 Å². The molecule has 1 fully saturated rings. The standard InChI is InChI=1S/C16H27N5O2/c1-4-5-6-17-14(22)11-20-7-9-21(10-8-20)16-18-13(3)12(2)15(23)19-16/h4-11H2,1-3H3,(H,17,22)(H,18,19,23). The van der Waals surface area contributed by atoms with Gasteiger partial charge in [0, 0.05) is 44.0 Å². The second kappa shape index (κ2) is 8.10. The van der Waals surface area contributed by atoms with E-state index in [0.717, 1.165) is 51.3 Å². The number of nitrogens with zero attached hydrogens (tertiary/aromatic N) is 3. The molecule has 0 atom stereocenters. The maximum Gasteiger partial charge on any atom is 0.255 e. The lowest BCUT2D eigenvalue weighted by molar-refractivity contribution is -0.122. The monoisotopic (exact) mass is 321 g/mol. The van der Waals surface area contributed by atoms with Crippen LogP contribution in [-0.4, -0.2) is 60.0 Å². The van der Waals surface area contributed by atoms with Gasteiger partial charge >= 0.3 is 0 Å². The molecule has 1 amide bonds. The molecule has 0 saturated carbocycles. The normalized spacial score (nSPS) is 15.7. The third-order valence-electron chi connectivity index (χ3n) is 4.27. The molecule has 0 unspecified atom stereocenters. The third kappa shape index (κ3) is 4.79. The molecule has 2 rings (SSSR count). The molecule has 0 bridgehead atoms. The van der Waals surface area contributed by atoms with Crippen molar-refractivity contribution >= 4 is 11.9 Å². The molecule has 0 aromatic carbocycles. The molecule has 1 aromatic heterocycles. The lowest BCUT2D eigenvalue weighted by Crippen LogP contribution is -2.50. The van der Waals surface area contributed by atoms with Gasteiger partial charge in [-0.2, -0.15) is 0 Å². The van der Waals surface area contributed by atoms with Gasteiger partial charge in [-0.25, -0.2) is 4.98 Å². The average molecular weight is 321 g/mol. The van der Waals surface area contributed by atoms with Gasteiger partial charge in [0.25, 0.3) is 5.56 Å². The van der Waals surface area contributed by atoms with Gasteiger partial charge in [-0.1, -0.05) is 13.3 Å². The predicted molar refractivity (Wildman–Crippen MR) is 90.9 cm³/mol. The van der Waals surface area contributed by atoms with E-state index >= 15 is 0 Å². The Hall–Kier alpha value is -1.89. The second-order valence-electron chi connectivity index (χ2n) is 6.07. The number of hydrogen-bond acceptors (Lipinski definition) is 5. The lowest BCUT2D eigenvalue weighted by atomic mass is 10.2. The van der Waals surface area contributed by atoms with Crippen LogP contribution in [-0.2, 0) is 4.79 Å². The van der Waals surface area contributed by atoms with Crippen LogP contribution in [0.3, 0.4) is 0 Å². The quantitative estimate of drug-likeness (QED) is 0.743. The minimum Gasteiger partial charge on any atom is -0.355 e. The van der Waals surface area contributed by atoms with Gasteiger partial charge in [-0.05, 0) is 20.3 Å². The van der Waals surface area contributed by atoms with Crippen molar-refractivity contribution in [1.82, 2.24) is 20.2 Å². The molecule has 128 valence electrons. The van der Waals surface area contributed by atoms with Crippen molar-refractivity contribution in [2.45, 2.75) is 33.6 Å². The number of anilines is 1. The molecule has 0 spiro atoms. The van der Waals surface area contributed by atoms with Gasteiger partial charge in [0.15, 0.2) is 0 Å². The van der Waals surface area contributed by atoms with Gasteiger partial charge in [-0.3, -0.25) is 19.5 Å². The smallest absolute Gasteiger partial charge is 0.255 e. The molecular formula is C16H27N5O2. The van der Waals surface area contributed by atoms with Crippen LogP contribution in [0.15, 0.2) is 4.79 Å². The first kappa shape index (κ1) is 17.5. The Labute approximate surface area is 137 Å². The molecular weight excluding hydrogens is 294 g/mol. The molecule has 23 heavy (non-hydrogen) atoms. The second-order valence-corrected chi connectivity index (χ2v) is 6.07. The van der Waals surface area contributed by atoms with Gasteiger partial charge in [0.05, 0.1) is 6.54 Å². The van der Waals surface area contributed by atoms with Crippen LogP contribution >= 0.6 is 0 Å². The Morgan fingerprint density at radius 2 is 1.96 bits per heavy atom. The molecule has 1 aromatic rings. The summed E-state index contributed by atoms with van der Waals surface area (Å²) < 4.78 is 0. The minimum atomic E-state index is -0.0785. The molecule has 0 aliphatic carbocycles. The van der Waals surface area contributed by atoms with Crippen LogP contribution in [0, 0.1) is 13.8 Å². The van der Waals surface area contributed by atoms with Crippen LogP contribution in [0.2, 0.25) is 0 Å². The molecule has 7 heteroatoms. The molecule has 7 nitrogen and oxygen atoms in total. The minimum absolute atomic E-state index is 0.0785. The number of nitrogens with one attached hydrogen (secondary N) is 2. The Balaban J connectivity index is 1.84. The zero-order chi connectivity index (χ0) is 16.8. The highest BCUT2D eigenvalue weighted by Gasteiger charge is 2.20. The maximum absolute atomic E-state index is 11.9. The number of carbonyl (C=O) groups excluding carboxylic acids is 1. The van der Waals surface area contributed by atoms with Crippen LogP contribution < -0.4 is 15.8 Å². The van der Waals surface area contributed by atoms with Gasteiger partial charge in [0.2, 0.25) is 11.9 Å². The van der Waals surface area contributed by atoms with Gasteiger partial charge in [-0.15, -0.1) is 0 Å². The maximum atomic E-state index is 11.9. The van der Waals surface area contributed by atoms with Crippen LogP contribution in [0.5, 0.6) is 0 Å². The highest BCUT2D eigenvalue weighted by molar-refractivity contribution is 5.78. The summed E-state index contributed by atoms with van der Waals surface area (Å²) in [5.74, 6) is 0.717. The predicted octanol–water partition coefficient (Wildman–Crippen LogP) is 0.425. The summed E-state index contributed by atoms with van der Waals surface area (Å²) in [5.41, 5.74) is 1.35. The average Bonchev–Trinajstić information content (AvgIpc) is 2.53. The number of hydrogen-bond donors (Lipinski definition) is 2. The summed E-state index contributed by atoms with van der Waals surface area (Å²) in [6, 6.07) is 0. The summed E-state index contributed by atoms with van der Waals surface area (Å²) in [7, 11) is 0. The largest absolute Gasteiger partial charge is 0.355 e. The molecule has 0 radical (unpaired) electrons. The van der Waals surface area contributed by atoms with E-state index in [1.165, 1.54) is 0 Å². The van der Waals surface area contributed by atoms with Crippen LogP contribution in [0.25, 0.3) is 0 Å². The Morgan fingerprint density at radius 3 is 2.57 bits per heavy atom. The first-order chi connectivity index (χ1) is 11.0. The van der Waals surface area contributed by atoms with Crippen LogP contribution in [0.4, 0.5) is 5.95 Å². The van der Waals surface area contributed by atoms with Crippen molar-refractivity contribution < 1.29 is 4.79 Å². The van der Waals surface area contributed by atoms with Gasteiger partial charge < -0.3 is 10.2 Å². The Bertz CT molecular complexity index is 591. The zero-order valence-corrected chi connectivity index (χ0v) is 14.3. The van der Waals surface area contributed by atoms with Crippen molar-refractivity contribution in [3.63, 3.8) is 0 Å². The summed E-state index contributed by atoms with van der Waals surface area (Å²) in [4.78, 5) is 35.2. The van der Waals surface area contributed by atoms with E-state index in [1.807, 2.05) is 6.92 Å². The molecule has 2 heterocycles. The highest BCUT2D eigenvalue weighted by Crippen LogP contribution is 2.11. The number of unbranched alkanes of at least 4 members (excludes halogenated alkanes) is 1. The number of amides is 1. The fourth-order valence-electron chi connectivity index (χ4n) is 2.56. The van der Waals surface area contributed by atoms with Crippen molar-refractivity contribution in [2.24, 2.45) is 0 Å². The fraction of sp³-hybridized carbons (Fsp3) is 0.688. The van der Waals surface area contributed by atoms with Gasteiger partial charge in [0.1, 0.15) is 0 Å². The number of carbonyl (C=O) groups is 1. The van der Waals surface area contributed by atoms with E-state index in [-0.39, 0.29) is 11.5 Å². The molecule has 1 saturated heterocycles. The number of aromatic nitrogens is 2. The Kier molecular flexibility index (Phi) is 6.15. The van der Waals surface area contributed by atoms with Crippen molar-refractivity contribution in [3.05, 3.63) is 21.6 Å². The SMILES string of the molecule is CCCCNC(=O)CN1CCN(c2nc(C)c(C)c(=O)[nH]2)CC1. The lowest BCUT2D eigenvalue weighted by Gasteiger charge is -2.34. The fourth-order valence-corrected chi connectivity index (χ4v) is 2.56. The van der Waals surface area contributed by atoms with Crippen molar-refractivity contribution in [1.29, 1.82) is 0 Å². The summed E-state index contributed by atoms with van der Waals surface area (Å²) in [6.45, 7) is 10.0.